The zero-order valence-electron chi connectivity index (χ0n) is 16.2. The van der Waals surface area contributed by atoms with Crippen LogP contribution < -0.4 is 0 Å². The standard InChI is InChI=1S/C20H23NO7/c1-19(2)25-12(9-21-16(22)10-7-5-6-8-11(10)17(21)23)13-14(26-19)15-18(24-13)28-20(3,4)27-15/h5-8,12-15,18H,9H2,1-4H3/t12?,13-,14?,15+,18-/m1/s1. The number of ether oxygens (including phenoxy) is 5. The van der Waals surface area contributed by atoms with Crippen LogP contribution >= 0.6 is 0 Å². The molecule has 1 aromatic rings. The van der Waals surface area contributed by atoms with Gasteiger partial charge in [0.05, 0.1) is 17.7 Å². The largest absolute Gasteiger partial charge is 0.343 e. The molecule has 0 bridgehead atoms. The summed E-state index contributed by atoms with van der Waals surface area (Å²) in [4.78, 5) is 26.7. The summed E-state index contributed by atoms with van der Waals surface area (Å²) in [7, 11) is 0. The van der Waals surface area contributed by atoms with Gasteiger partial charge in [0.15, 0.2) is 17.9 Å². The molecule has 4 aliphatic rings. The summed E-state index contributed by atoms with van der Waals surface area (Å²) in [6.07, 6.45) is -2.46. The molecule has 0 aliphatic carbocycles. The monoisotopic (exact) mass is 389 g/mol. The molecule has 3 fully saturated rings. The van der Waals surface area contributed by atoms with E-state index in [1.165, 1.54) is 4.90 Å². The molecule has 5 rings (SSSR count). The third-order valence-corrected chi connectivity index (χ3v) is 5.49. The normalized spacial score (nSPS) is 37.7. The van der Waals surface area contributed by atoms with Crippen molar-refractivity contribution in [3.05, 3.63) is 35.4 Å². The summed E-state index contributed by atoms with van der Waals surface area (Å²) in [5, 5.41) is 0. The van der Waals surface area contributed by atoms with Gasteiger partial charge in [-0.3, -0.25) is 14.5 Å². The maximum atomic E-state index is 12.7. The summed E-state index contributed by atoms with van der Waals surface area (Å²) < 4.78 is 30.0. The van der Waals surface area contributed by atoms with Gasteiger partial charge in [0.25, 0.3) is 11.8 Å². The summed E-state index contributed by atoms with van der Waals surface area (Å²) in [5.74, 6) is -2.32. The predicted octanol–water partition coefficient (Wildman–Crippen LogP) is 1.68. The minimum absolute atomic E-state index is 0.0726. The molecule has 0 spiro atoms. The lowest BCUT2D eigenvalue weighted by molar-refractivity contribution is -0.343. The van der Waals surface area contributed by atoms with E-state index in [-0.39, 0.29) is 18.4 Å². The van der Waals surface area contributed by atoms with Gasteiger partial charge in [0, 0.05) is 0 Å². The first-order chi connectivity index (χ1) is 13.2. The zero-order valence-corrected chi connectivity index (χ0v) is 16.2. The lowest BCUT2D eigenvalue weighted by atomic mass is 10.0. The Morgan fingerprint density at radius 1 is 0.821 bits per heavy atom. The zero-order chi connectivity index (χ0) is 19.8. The molecule has 8 heteroatoms. The topological polar surface area (TPSA) is 83.5 Å². The number of fused-ring (bicyclic) bond motifs is 4. The number of rotatable bonds is 2. The van der Waals surface area contributed by atoms with Gasteiger partial charge in [-0.2, -0.15) is 0 Å². The second-order valence-electron chi connectivity index (χ2n) is 8.47. The number of carbonyl (C=O) groups excluding carboxylic acids is 2. The molecule has 8 nitrogen and oxygen atoms in total. The van der Waals surface area contributed by atoms with Crippen LogP contribution in [0.1, 0.15) is 48.4 Å². The molecule has 4 heterocycles. The Morgan fingerprint density at radius 2 is 1.39 bits per heavy atom. The first-order valence-electron chi connectivity index (χ1n) is 9.47. The Labute approximate surface area is 162 Å². The van der Waals surface area contributed by atoms with Crippen molar-refractivity contribution in [3.63, 3.8) is 0 Å². The van der Waals surface area contributed by atoms with Gasteiger partial charge in [0.1, 0.15) is 24.4 Å². The second-order valence-corrected chi connectivity index (χ2v) is 8.47. The number of benzene rings is 1. The van der Waals surface area contributed by atoms with Gasteiger partial charge < -0.3 is 23.7 Å². The SMILES string of the molecule is CC1(C)OC(CN2C(=O)c3ccccc3C2=O)[C@H]2O[C@@H]3OC(C)(C)O[C@H]3C2O1. The highest BCUT2D eigenvalue weighted by Gasteiger charge is 2.61. The Kier molecular flexibility index (Phi) is 3.80. The number of carbonyl (C=O) groups is 2. The van der Waals surface area contributed by atoms with Gasteiger partial charge in [0.2, 0.25) is 0 Å². The molecule has 5 atom stereocenters. The summed E-state index contributed by atoms with van der Waals surface area (Å²) in [6.45, 7) is 7.32. The Balaban J connectivity index is 1.40. The van der Waals surface area contributed by atoms with Crippen molar-refractivity contribution in [1.82, 2.24) is 4.90 Å². The van der Waals surface area contributed by atoms with Gasteiger partial charge in [-0.15, -0.1) is 0 Å². The molecule has 2 unspecified atom stereocenters. The second kappa shape index (κ2) is 5.84. The van der Waals surface area contributed by atoms with Gasteiger partial charge >= 0.3 is 0 Å². The number of hydrogen-bond acceptors (Lipinski definition) is 7. The smallest absolute Gasteiger partial charge is 0.261 e. The van der Waals surface area contributed by atoms with Crippen LogP contribution in [0.15, 0.2) is 24.3 Å². The molecule has 2 amide bonds. The average molecular weight is 389 g/mol. The molecule has 0 radical (unpaired) electrons. The van der Waals surface area contributed by atoms with Crippen LogP contribution in [-0.4, -0.2) is 65.5 Å². The highest BCUT2D eigenvalue weighted by molar-refractivity contribution is 6.21. The van der Waals surface area contributed by atoms with E-state index in [9.17, 15) is 9.59 Å². The van der Waals surface area contributed by atoms with Crippen LogP contribution in [0.2, 0.25) is 0 Å². The van der Waals surface area contributed by atoms with Crippen molar-refractivity contribution >= 4 is 11.8 Å². The minimum Gasteiger partial charge on any atom is -0.343 e. The van der Waals surface area contributed by atoms with Crippen molar-refractivity contribution in [3.8, 4) is 0 Å². The Morgan fingerprint density at radius 3 is 2.04 bits per heavy atom. The first kappa shape index (κ1) is 18.2. The number of nitrogens with zero attached hydrogens (tertiary/aromatic N) is 1. The molecular formula is C20H23NO7. The van der Waals surface area contributed by atoms with E-state index in [1.54, 1.807) is 38.1 Å². The predicted molar refractivity (Wildman–Crippen MR) is 94.3 cm³/mol. The van der Waals surface area contributed by atoms with Crippen molar-refractivity contribution < 1.29 is 33.3 Å². The molecule has 1 aromatic carbocycles. The highest BCUT2D eigenvalue weighted by Crippen LogP contribution is 2.44. The molecule has 0 N–H and O–H groups in total. The molecule has 0 aromatic heterocycles. The van der Waals surface area contributed by atoms with E-state index in [0.717, 1.165) is 0 Å². The number of hydrogen-bond donors (Lipinski definition) is 0. The van der Waals surface area contributed by atoms with E-state index < -0.39 is 42.3 Å². The Bertz CT molecular complexity index is 816. The molecule has 0 saturated carbocycles. The first-order valence-corrected chi connectivity index (χ1v) is 9.47. The van der Waals surface area contributed by atoms with Crippen LogP contribution in [-0.2, 0) is 23.7 Å². The van der Waals surface area contributed by atoms with E-state index in [2.05, 4.69) is 0 Å². The number of imide groups is 1. The van der Waals surface area contributed by atoms with Crippen LogP contribution in [0, 0.1) is 0 Å². The molecule has 3 saturated heterocycles. The van der Waals surface area contributed by atoms with Crippen molar-refractivity contribution in [1.29, 1.82) is 0 Å². The van der Waals surface area contributed by atoms with Gasteiger partial charge in [-0.25, -0.2) is 0 Å². The van der Waals surface area contributed by atoms with E-state index >= 15 is 0 Å². The van der Waals surface area contributed by atoms with Crippen LogP contribution in [0.25, 0.3) is 0 Å². The summed E-state index contributed by atoms with van der Waals surface area (Å²) in [6, 6.07) is 6.81. The van der Waals surface area contributed by atoms with E-state index in [1.807, 2.05) is 13.8 Å². The molecule has 150 valence electrons. The molecular weight excluding hydrogens is 366 g/mol. The summed E-state index contributed by atoms with van der Waals surface area (Å²) in [5.41, 5.74) is 0.820. The minimum atomic E-state index is -0.918. The fraction of sp³-hybridized carbons (Fsp3) is 0.600. The fourth-order valence-corrected chi connectivity index (χ4v) is 4.45. The Hall–Kier alpha value is -1.84. The summed E-state index contributed by atoms with van der Waals surface area (Å²) >= 11 is 0. The lowest BCUT2D eigenvalue weighted by Gasteiger charge is -2.44. The molecule has 28 heavy (non-hydrogen) atoms. The van der Waals surface area contributed by atoms with Crippen molar-refractivity contribution in [2.24, 2.45) is 0 Å². The van der Waals surface area contributed by atoms with Gasteiger partial charge in [-0.1, -0.05) is 12.1 Å². The van der Waals surface area contributed by atoms with Crippen molar-refractivity contribution in [2.75, 3.05) is 6.54 Å². The van der Waals surface area contributed by atoms with Crippen molar-refractivity contribution in [2.45, 2.75) is 70.0 Å². The maximum Gasteiger partial charge on any atom is 0.261 e. The molecule has 4 aliphatic heterocycles. The third kappa shape index (κ3) is 2.71. The highest BCUT2D eigenvalue weighted by atomic mass is 16.9. The van der Waals surface area contributed by atoms with E-state index in [4.69, 9.17) is 23.7 Å². The van der Waals surface area contributed by atoms with Crippen LogP contribution in [0.5, 0.6) is 0 Å². The third-order valence-electron chi connectivity index (χ3n) is 5.49. The number of amides is 2. The maximum absolute atomic E-state index is 12.7. The quantitative estimate of drug-likeness (QED) is 0.712. The van der Waals surface area contributed by atoms with E-state index in [0.29, 0.717) is 11.1 Å². The fourth-order valence-electron chi connectivity index (χ4n) is 4.45. The van der Waals surface area contributed by atoms with Crippen LogP contribution in [0.4, 0.5) is 0 Å². The van der Waals surface area contributed by atoms with Gasteiger partial charge in [-0.05, 0) is 39.8 Å². The lowest BCUT2D eigenvalue weighted by Crippen LogP contribution is -2.59. The van der Waals surface area contributed by atoms with Crippen LogP contribution in [0.3, 0.4) is 0 Å². The average Bonchev–Trinajstić information content (AvgIpc) is 3.17.